The SMILES string of the molecule is COc1ccc(CN2C(=O)CNC(=O)[C@H]2Cc2cnc[nH]2)cc1. The van der Waals surface area contributed by atoms with Crippen molar-refractivity contribution < 1.29 is 14.3 Å². The van der Waals surface area contributed by atoms with Crippen LogP contribution in [0.3, 0.4) is 0 Å². The van der Waals surface area contributed by atoms with Gasteiger partial charge in [0, 0.05) is 24.9 Å². The van der Waals surface area contributed by atoms with E-state index < -0.39 is 6.04 Å². The lowest BCUT2D eigenvalue weighted by atomic mass is 10.0. The van der Waals surface area contributed by atoms with Crippen molar-refractivity contribution in [3.63, 3.8) is 0 Å². The minimum absolute atomic E-state index is 0.0362. The lowest BCUT2D eigenvalue weighted by Gasteiger charge is -2.34. The quantitative estimate of drug-likeness (QED) is 0.841. The molecule has 2 heterocycles. The second kappa shape index (κ2) is 6.51. The Balaban J connectivity index is 1.79. The predicted molar refractivity (Wildman–Crippen MR) is 82.6 cm³/mol. The van der Waals surface area contributed by atoms with E-state index in [1.54, 1.807) is 24.5 Å². The van der Waals surface area contributed by atoms with Crippen LogP contribution in [-0.4, -0.2) is 46.4 Å². The Bertz CT molecular complexity index is 682. The average molecular weight is 314 g/mol. The zero-order valence-electron chi connectivity index (χ0n) is 12.8. The van der Waals surface area contributed by atoms with E-state index in [9.17, 15) is 9.59 Å². The van der Waals surface area contributed by atoms with Crippen LogP contribution in [0.2, 0.25) is 0 Å². The first kappa shape index (κ1) is 15.1. The van der Waals surface area contributed by atoms with Gasteiger partial charge in [0.2, 0.25) is 11.8 Å². The summed E-state index contributed by atoms with van der Waals surface area (Å²) in [6.07, 6.45) is 3.64. The number of nitrogens with zero attached hydrogens (tertiary/aromatic N) is 2. The molecule has 3 rings (SSSR count). The van der Waals surface area contributed by atoms with E-state index in [1.807, 2.05) is 24.3 Å². The molecule has 1 aliphatic heterocycles. The van der Waals surface area contributed by atoms with Crippen molar-refractivity contribution in [1.29, 1.82) is 0 Å². The minimum atomic E-state index is -0.543. The molecule has 1 atom stereocenters. The molecule has 1 aromatic carbocycles. The molecule has 0 spiro atoms. The van der Waals surface area contributed by atoms with Crippen LogP contribution in [0.15, 0.2) is 36.8 Å². The first-order valence-corrected chi connectivity index (χ1v) is 7.34. The van der Waals surface area contributed by atoms with Gasteiger partial charge >= 0.3 is 0 Å². The second-order valence-corrected chi connectivity index (χ2v) is 5.38. The number of H-pyrrole nitrogens is 1. The lowest BCUT2D eigenvalue weighted by molar-refractivity contribution is -0.146. The molecule has 120 valence electrons. The second-order valence-electron chi connectivity index (χ2n) is 5.38. The van der Waals surface area contributed by atoms with E-state index in [-0.39, 0.29) is 18.4 Å². The molecule has 0 aliphatic carbocycles. The van der Waals surface area contributed by atoms with Gasteiger partial charge in [0.15, 0.2) is 0 Å². The summed E-state index contributed by atoms with van der Waals surface area (Å²) in [4.78, 5) is 33.0. The number of aromatic amines is 1. The number of hydrogen-bond acceptors (Lipinski definition) is 4. The Hall–Kier alpha value is -2.83. The third-order valence-electron chi connectivity index (χ3n) is 3.89. The molecule has 7 nitrogen and oxygen atoms in total. The molecule has 0 bridgehead atoms. The van der Waals surface area contributed by atoms with Gasteiger partial charge in [-0.3, -0.25) is 9.59 Å². The van der Waals surface area contributed by atoms with Crippen LogP contribution >= 0.6 is 0 Å². The summed E-state index contributed by atoms with van der Waals surface area (Å²) in [5, 5.41) is 2.64. The highest BCUT2D eigenvalue weighted by molar-refractivity contribution is 5.94. The van der Waals surface area contributed by atoms with Crippen molar-refractivity contribution in [2.75, 3.05) is 13.7 Å². The molecule has 2 N–H and O–H groups in total. The number of ether oxygens (including phenoxy) is 1. The maximum atomic E-state index is 12.3. The number of carbonyl (C=O) groups is 2. The van der Waals surface area contributed by atoms with E-state index in [0.29, 0.717) is 13.0 Å². The lowest BCUT2D eigenvalue weighted by Crippen LogP contribution is -2.58. The van der Waals surface area contributed by atoms with Crippen molar-refractivity contribution in [2.45, 2.75) is 19.0 Å². The first-order valence-electron chi connectivity index (χ1n) is 7.34. The highest BCUT2D eigenvalue weighted by atomic mass is 16.5. The smallest absolute Gasteiger partial charge is 0.243 e. The highest BCUT2D eigenvalue weighted by Crippen LogP contribution is 2.17. The average Bonchev–Trinajstić information content (AvgIpc) is 3.08. The third-order valence-corrected chi connectivity index (χ3v) is 3.89. The standard InChI is InChI=1S/C16H18N4O3/c1-23-13-4-2-11(3-5-13)9-20-14(6-12-7-17-10-19-12)16(22)18-8-15(20)21/h2-5,7,10,14H,6,8-9H2,1H3,(H,17,19)(H,18,22)/t14-/m1/s1. The number of hydrogen-bond donors (Lipinski definition) is 2. The van der Waals surface area contributed by atoms with Crippen LogP contribution in [0.5, 0.6) is 5.75 Å². The summed E-state index contributed by atoms with van der Waals surface area (Å²) in [5.74, 6) is 0.517. The number of carbonyl (C=O) groups excluding carboxylic acids is 2. The van der Waals surface area contributed by atoms with Crippen molar-refractivity contribution in [1.82, 2.24) is 20.2 Å². The number of aromatic nitrogens is 2. The van der Waals surface area contributed by atoms with Crippen molar-refractivity contribution >= 4 is 11.8 Å². The highest BCUT2D eigenvalue weighted by Gasteiger charge is 2.34. The molecule has 1 saturated heterocycles. The van der Waals surface area contributed by atoms with Gasteiger partial charge in [0.05, 0.1) is 20.0 Å². The Morgan fingerprint density at radius 1 is 1.30 bits per heavy atom. The van der Waals surface area contributed by atoms with Gasteiger partial charge < -0.3 is 19.9 Å². The molecular weight excluding hydrogens is 296 g/mol. The largest absolute Gasteiger partial charge is 0.497 e. The van der Waals surface area contributed by atoms with Gasteiger partial charge in [-0.1, -0.05) is 12.1 Å². The molecule has 7 heteroatoms. The molecular formula is C16H18N4O3. The third kappa shape index (κ3) is 3.33. The zero-order chi connectivity index (χ0) is 16.2. The summed E-state index contributed by atoms with van der Waals surface area (Å²) in [6, 6.07) is 6.93. The van der Waals surface area contributed by atoms with E-state index in [1.165, 1.54) is 0 Å². The minimum Gasteiger partial charge on any atom is -0.497 e. The molecule has 2 amide bonds. The molecule has 1 fully saturated rings. The maximum Gasteiger partial charge on any atom is 0.243 e. The van der Waals surface area contributed by atoms with Gasteiger partial charge in [-0.25, -0.2) is 4.98 Å². The normalized spacial score (nSPS) is 18.0. The Kier molecular flexibility index (Phi) is 4.27. The van der Waals surface area contributed by atoms with Crippen molar-refractivity contribution in [3.8, 4) is 5.75 Å². The van der Waals surface area contributed by atoms with Gasteiger partial charge in [0.1, 0.15) is 11.8 Å². The van der Waals surface area contributed by atoms with Crippen LogP contribution in [0.1, 0.15) is 11.3 Å². The van der Waals surface area contributed by atoms with Gasteiger partial charge in [-0.05, 0) is 17.7 Å². The monoisotopic (exact) mass is 314 g/mol. The fraction of sp³-hybridized carbons (Fsp3) is 0.312. The number of nitrogens with one attached hydrogen (secondary N) is 2. The predicted octanol–water partition coefficient (Wildman–Crippen LogP) is 0.488. The van der Waals surface area contributed by atoms with E-state index in [2.05, 4.69) is 15.3 Å². The van der Waals surface area contributed by atoms with Crippen LogP contribution in [0.25, 0.3) is 0 Å². The van der Waals surface area contributed by atoms with Gasteiger partial charge in [0.25, 0.3) is 0 Å². The zero-order valence-corrected chi connectivity index (χ0v) is 12.8. The summed E-state index contributed by atoms with van der Waals surface area (Å²) in [5.41, 5.74) is 1.77. The Morgan fingerprint density at radius 2 is 2.09 bits per heavy atom. The van der Waals surface area contributed by atoms with Crippen LogP contribution in [0, 0.1) is 0 Å². The fourth-order valence-electron chi connectivity index (χ4n) is 2.63. The summed E-state index contributed by atoms with van der Waals surface area (Å²) >= 11 is 0. The topological polar surface area (TPSA) is 87.3 Å². The number of benzene rings is 1. The summed E-state index contributed by atoms with van der Waals surface area (Å²) < 4.78 is 5.13. The molecule has 0 unspecified atom stereocenters. The van der Waals surface area contributed by atoms with Crippen LogP contribution in [-0.2, 0) is 22.6 Å². The van der Waals surface area contributed by atoms with Gasteiger partial charge in [-0.15, -0.1) is 0 Å². The molecule has 1 aliphatic rings. The number of methoxy groups -OCH3 is 1. The number of rotatable bonds is 5. The van der Waals surface area contributed by atoms with E-state index in [4.69, 9.17) is 4.74 Å². The number of piperazine rings is 1. The first-order chi connectivity index (χ1) is 11.2. The molecule has 1 aromatic heterocycles. The van der Waals surface area contributed by atoms with E-state index in [0.717, 1.165) is 17.0 Å². The van der Waals surface area contributed by atoms with Crippen molar-refractivity contribution in [2.24, 2.45) is 0 Å². The Labute approximate surface area is 133 Å². The van der Waals surface area contributed by atoms with E-state index >= 15 is 0 Å². The van der Waals surface area contributed by atoms with Crippen molar-refractivity contribution in [3.05, 3.63) is 48.0 Å². The molecule has 0 radical (unpaired) electrons. The summed E-state index contributed by atoms with van der Waals surface area (Å²) in [7, 11) is 1.61. The van der Waals surface area contributed by atoms with Crippen LogP contribution < -0.4 is 10.1 Å². The summed E-state index contributed by atoms with van der Waals surface area (Å²) in [6.45, 7) is 0.420. The molecule has 2 aromatic rings. The van der Waals surface area contributed by atoms with Gasteiger partial charge in [-0.2, -0.15) is 0 Å². The molecule has 0 saturated carbocycles. The number of imidazole rings is 1. The number of amides is 2. The Morgan fingerprint density at radius 3 is 2.74 bits per heavy atom. The molecule has 23 heavy (non-hydrogen) atoms. The fourth-order valence-corrected chi connectivity index (χ4v) is 2.63. The maximum absolute atomic E-state index is 12.3. The van der Waals surface area contributed by atoms with Crippen LogP contribution in [0.4, 0.5) is 0 Å².